The summed E-state index contributed by atoms with van der Waals surface area (Å²) in [5.41, 5.74) is 17.8. The number of aliphatic hydroxyl groups is 3. The lowest BCUT2D eigenvalue weighted by atomic mass is 9.54. The van der Waals surface area contributed by atoms with Crippen molar-refractivity contribution in [3.05, 3.63) is 128 Å². The number of carbonyl (C=O) groups excluding carboxylic acids is 1. The minimum atomic E-state index is -0.926. The first-order chi connectivity index (χ1) is 45.8. The highest BCUT2D eigenvalue weighted by atomic mass is 33.1. The van der Waals surface area contributed by atoms with Crippen LogP contribution in [0.15, 0.2) is 72.0 Å². The first-order valence-electron chi connectivity index (χ1n) is 34.8. The summed E-state index contributed by atoms with van der Waals surface area (Å²) in [6.45, 7) is 1.15. The Bertz CT molecular complexity index is 3920. The number of aryl methyl sites for hydroxylation is 1. The van der Waals surface area contributed by atoms with Crippen molar-refractivity contribution < 1.29 is 54.0 Å². The number of methoxy groups -OCH3 is 1. The van der Waals surface area contributed by atoms with E-state index in [0.29, 0.717) is 90.0 Å². The van der Waals surface area contributed by atoms with Gasteiger partial charge in [-0.1, -0.05) is 107 Å². The quantitative estimate of drug-likeness (QED) is 0.0363. The maximum atomic E-state index is 13.9. The number of hydrogen-bond acceptors (Lipinski definition) is 17. The Morgan fingerprint density at radius 1 is 0.872 bits per heavy atom. The average Bonchev–Trinajstić information content (AvgIpc) is 1.47. The van der Waals surface area contributed by atoms with Crippen molar-refractivity contribution in [3.8, 4) is 63.6 Å². The number of nitrogens with two attached hydrogens (primary N) is 1. The molecule has 1 saturated heterocycles. The predicted octanol–water partition coefficient (Wildman–Crippen LogP) is 10.3. The van der Waals surface area contributed by atoms with Crippen molar-refractivity contribution >= 4 is 33.6 Å². The third-order valence-electron chi connectivity index (χ3n) is 24.2. The summed E-state index contributed by atoms with van der Waals surface area (Å²) >= 11 is 0. The van der Waals surface area contributed by atoms with Crippen LogP contribution in [0.3, 0.4) is 0 Å². The molecule has 2 spiro atoms. The molecule has 17 atom stereocenters. The number of hydrogen-bond donors (Lipinski definition) is 9. The molecule has 10 N–H and O–H groups in total. The highest BCUT2D eigenvalue weighted by molar-refractivity contribution is 8.76. The molecule has 4 aromatic carbocycles. The van der Waals surface area contributed by atoms with E-state index in [1.807, 2.05) is 33.7 Å². The van der Waals surface area contributed by atoms with Gasteiger partial charge in [-0.15, -0.1) is 0 Å². The molecule has 3 saturated carbocycles. The lowest BCUT2D eigenvalue weighted by Gasteiger charge is -2.51. The second-order valence-electron chi connectivity index (χ2n) is 29.2. The Kier molecular flexibility index (Phi) is 16.9. The van der Waals surface area contributed by atoms with E-state index in [2.05, 4.69) is 88.2 Å². The number of esters is 1. The first kappa shape index (κ1) is 62.7. The number of ether oxygens (including phenoxy) is 5. The number of dihydropyridines is 1. The Balaban J connectivity index is 1.06. The van der Waals surface area contributed by atoms with Crippen molar-refractivity contribution in [1.29, 1.82) is 0 Å². The number of carbonyl (C=O) groups is 1. The summed E-state index contributed by atoms with van der Waals surface area (Å²) in [4.78, 5) is 13.5. The summed E-state index contributed by atoms with van der Waals surface area (Å²) in [6.07, 6.45) is 19.2. The molecule has 94 heavy (non-hydrogen) atoms. The zero-order valence-electron chi connectivity index (χ0n) is 53.9. The average molecular weight is 1310 g/mol. The minimum Gasteiger partial charge on any atom is -0.508 e. The van der Waals surface area contributed by atoms with Gasteiger partial charge in [-0.3, -0.25) is 4.79 Å². The van der Waals surface area contributed by atoms with Crippen LogP contribution < -0.4 is 35.9 Å². The fourth-order valence-corrected chi connectivity index (χ4v) is 22.8. The summed E-state index contributed by atoms with van der Waals surface area (Å²) in [5, 5.41) is 73.7. The van der Waals surface area contributed by atoms with Crippen LogP contribution in [0.2, 0.25) is 0 Å². The summed E-state index contributed by atoms with van der Waals surface area (Å²) in [5.74, 6) is 16.1. The highest BCUT2D eigenvalue weighted by Crippen LogP contribution is 2.66. The van der Waals surface area contributed by atoms with Gasteiger partial charge < -0.3 is 70.9 Å². The maximum Gasteiger partial charge on any atom is 0.302 e. The third kappa shape index (κ3) is 10.7. The smallest absolute Gasteiger partial charge is 0.302 e. The third-order valence-corrected chi connectivity index (χ3v) is 26.7. The molecule has 4 fully saturated rings. The number of nitrogens with one attached hydrogen (secondary N) is 3. The molecule has 12 aliphatic rings. The molecule has 17 heteroatoms. The molecule has 6 aliphatic heterocycles. The molecule has 4 aromatic rings. The van der Waals surface area contributed by atoms with Gasteiger partial charge in [0, 0.05) is 125 Å². The van der Waals surface area contributed by atoms with Crippen LogP contribution in [0.5, 0.6) is 28.7 Å². The van der Waals surface area contributed by atoms with Crippen LogP contribution in [0.1, 0.15) is 164 Å². The number of aromatic hydroxyl groups is 2. The number of rotatable bonds is 7. The SMILES string of the molecule is COC[C@H]1[C@H](CO)[C@@H]2CCCc3ccc4cc3C[C@H]1C#C[C@@H]1C#CC3=C(C=CC(N)N3)[C@@H]([C@H]3CC[C@]5(Cc6cc(O)cc(OCO)c6-c6ccc7c(c65)O[C@H](c5c6c(c(O)c(c51)CN2)O[C@H]1CSSC[C@H]2CCC[C@@H](C2)N[C@@H]1C=C6)[C@H]7COC(C)=O)C3)[C@]41CCCC[C@@H]1O. The van der Waals surface area contributed by atoms with E-state index in [1.165, 1.54) is 24.5 Å². The lowest BCUT2D eigenvalue weighted by Crippen LogP contribution is -2.52. The molecule has 12 bridgehead atoms. The fraction of sp³-hybridized carbons (Fsp3) is 0.545. The van der Waals surface area contributed by atoms with Crippen molar-refractivity contribution in [2.75, 3.05) is 45.2 Å². The van der Waals surface area contributed by atoms with Crippen molar-refractivity contribution in [2.45, 2.75) is 181 Å². The lowest BCUT2D eigenvalue weighted by molar-refractivity contribution is -0.141. The predicted molar refractivity (Wildman–Crippen MR) is 364 cm³/mol. The summed E-state index contributed by atoms with van der Waals surface area (Å²) in [7, 11) is 5.48. The number of aliphatic hydroxyl groups excluding tert-OH is 3. The summed E-state index contributed by atoms with van der Waals surface area (Å²) in [6, 6.07) is 14.6. The van der Waals surface area contributed by atoms with Crippen LogP contribution in [0, 0.1) is 59.2 Å². The zero-order chi connectivity index (χ0) is 64.1. The fourth-order valence-electron chi connectivity index (χ4n) is 20.1. The van der Waals surface area contributed by atoms with Gasteiger partial charge in [0.1, 0.15) is 42.0 Å². The van der Waals surface area contributed by atoms with E-state index in [-0.39, 0.29) is 79.0 Å². The van der Waals surface area contributed by atoms with Crippen molar-refractivity contribution in [2.24, 2.45) is 41.2 Å². The van der Waals surface area contributed by atoms with E-state index in [4.69, 9.17) is 29.4 Å². The molecule has 0 amide bonds. The van der Waals surface area contributed by atoms with Gasteiger partial charge in [0.25, 0.3) is 0 Å². The second-order valence-corrected chi connectivity index (χ2v) is 31.8. The topological polar surface area (TPSA) is 226 Å². The monoisotopic (exact) mass is 1310 g/mol. The van der Waals surface area contributed by atoms with Crippen LogP contribution >= 0.6 is 21.6 Å². The number of fused-ring (bicyclic) bond motifs is 16. The second kappa shape index (κ2) is 25.4. The Hall–Kier alpha value is -6.09. The molecule has 6 aliphatic carbocycles. The molecule has 16 rings (SSSR count). The van der Waals surface area contributed by atoms with E-state index in [0.717, 1.165) is 114 Å². The normalized spacial score (nSPS) is 34.6. The molecule has 0 radical (unpaired) electrons. The zero-order valence-corrected chi connectivity index (χ0v) is 55.5. The van der Waals surface area contributed by atoms with Gasteiger partial charge in [0.05, 0.1) is 36.5 Å². The number of benzene rings is 4. The van der Waals surface area contributed by atoms with Crippen LogP contribution in [0.25, 0.3) is 17.2 Å². The molecule has 0 aromatic heterocycles. The van der Waals surface area contributed by atoms with Crippen LogP contribution in [-0.4, -0.2) is 113 Å². The Morgan fingerprint density at radius 2 is 1.77 bits per heavy atom. The highest BCUT2D eigenvalue weighted by Gasteiger charge is 2.59. The summed E-state index contributed by atoms with van der Waals surface area (Å²) < 4.78 is 34.4. The first-order valence-corrected chi connectivity index (χ1v) is 37.3. The maximum absolute atomic E-state index is 13.9. The van der Waals surface area contributed by atoms with Gasteiger partial charge in [0.2, 0.25) is 0 Å². The standard InChI is InChI=1S/C77H88N4O11S2/c1-41(84)89-37-59-52-17-18-54-67-48(30-51(85)31-63(67)90-40-83)33-76-26-24-46(32-76)70-53-20-23-66(78)81-61(53)21-15-44-12-13-45-28-47-29-49(77(70)25-4-3-11-65(77)86)16-14-43(47)8-6-10-60(57(35-82)58(45)36-88-2)79-34-56-68(44)69(73(59)92-74(52)71(54)76)55-19-22-62-64(91-75(55)72(56)87)39-94-93-38-42-7-5-9-50(27-42)80-62/h14,16-20,22-23,29-31,42,44-46,50,57-60,62,64-66,70,73,79-83,85-87H,3-11,24-28,32-40,78H2,1-2H3/t42-,44+,45+,46-,50-,57-,58+,59-,60-,62+,64-,65-,66?,70+,73-,76+,77+/m0/s1. The molecule has 15 nitrogen and oxygen atoms in total. The van der Waals surface area contributed by atoms with Gasteiger partial charge >= 0.3 is 5.97 Å². The number of allylic oxidation sites excluding steroid dienone is 3. The molecule has 6 heterocycles. The minimum absolute atomic E-state index is 0.0151. The van der Waals surface area contributed by atoms with E-state index >= 15 is 0 Å². The van der Waals surface area contributed by atoms with Crippen LogP contribution in [-0.2, 0) is 50.9 Å². The van der Waals surface area contributed by atoms with Crippen LogP contribution in [0.4, 0.5) is 0 Å². The Labute approximate surface area is 559 Å². The van der Waals surface area contributed by atoms with Crippen molar-refractivity contribution in [3.63, 3.8) is 0 Å². The van der Waals surface area contributed by atoms with E-state index in [1.54, 1.807) is 13.2 Å². The largest absolute Gasteiger partial charge is 0.508 e. The Morgan fingerprint density at radius 3 is 2.62 bits per heavy atom. The van der Waals surface area contributed by atoms with Gasteiger partial charge in [0.15, 0.2) is 18.3 Å². The molecule has 1 unspecified atom stereocenters. The number of phenolic OH excluding ortho intramolecular Hbond substituents is 2. The van der Waals surface area contributed by atoms with Gasteiger partial charge in [-0.25, -0.2) is 0 Å². The van der Waals surface area contributed by atoms with Gasteiger partial charge in [-0.05, 0) is 152 Å². The molecular weight excluding hydrogens is 1220 g/mol. The number of phenols is 2. The van der Waals surface area contributed by atoms with Gasteiger partial charge in [-0.2, -0.15) is 0 Å². The molecule has 494 valence electrons. The van der Waals surface area contributed by atoms with E-state index < -0.39 is 59.9 Å². The molecular formula is C77H88N4O11S2. The van der Waals surface area contributed by atoms with Crippen molar-refractivity contribution in [1.82, 2.24) is 16.0 Å². The van der Waals surface area contributed by atoms with E-state index in [9.17, 15) is 30.3 Å².